The Morgan fingerprint density at radius 2 is 2.00 bits per heavy atom. The number of rotatable bonds is 6. The largest absolute Gasteiger partial charge is 0.464 e. The van der Waals surface area contributed by atoms with E-state index < -0.39 is 5.97 Å². The van der Waals surface area contributed by atoms with Gasteiger partial charge < -0.3 is 15.4 Å². The molecule has 0 atom stereocenters. The van der Waals surface area contributed by atoms with E-state index in [0.717, 1.165) is 29.0 Å². The van der Waals surface area contributed by atoms with E-state index in [2.05, 4.69) is 29.8 Å². The number of nitrogen functional groups attached to an aromatic ring is 1. The molecular formula is C23H31N3O2. The molecule has 0 spiro atoms. The highest BCUT2D eigenvalue weighted by Crippen LogP contribution is 2.35. The van der Waals surface area contributed by atoms with E-state index in [4.69, 9.17) is 10.5 Å². The van der Waals surface area contributed by atoms with Crippen molar-refractivity contribution in [2.75, 3.05) is 24.3 Å². The van der Waals surface area contributed by atoms with Crippen molar-refractivity contribution in [1.29, 1.82) is 0 Å². The minimum atomic E-state index is -0.443. The van der Waals surface area contributed by atoms with Crippen molar-refractivity contribution in [3.63, 3.8) is 0 Å². The van der Waals surface area contributed by atoms with E-state index in [9.17, 15) is 4.79 Å². The van der Waals surface area contributed by atoms with Crippen molar-refractivity contribution < 1.29 is 9.53 Å². The lowest BCUT2D eigenvalue weighted by Gasteiger charge is -2.38. The molecule has 150 valence electrons. The third-order valence-corrected chi connectivity index (χ3v) is 5.41. The number of carbonyl (C=O) groups excluding carboxylic acids is 1. The zero-order valence-corrected chi connectivity index (χ0v) is 17.1. The highest BCUT2D eigenvalue weighted by atomic mass is 16.5. The molecule has 0 bridgehead atoms. The van der Waals surface area contributed by atoms with Gasteiger partial charge in [-0.05, 0) is 42.5 Å². The van der Waals surface area contributed by atoms with Crippen LogP contribution in [0.15, 0.2) is 36.5 Å². The molecule has 2 aromatic rings. The molecular weight excluding hydrogens is 350 g/mol. The quantitative estimate of drug-likeness (QED) is 0.568. The van der Waals surface area contributed by atoms with Crippen LogP contribution >= 0.6 is 0 Å². The molecule has 5 nitrogen and oxygen atoms in total. The molecule has 0 amide bonds. The van der Waals surface area contributed by atoms with Crippen LogP contribution in [0.1, 0.15) is 56.4 Å². The third kappa shape index (κ3) is 4.46. The molecule has 1 heterocycles. The van der Waals surface area contributed by atoms with Gasteiger partial charge in [-0.1, -0.05) is 45.2 Å². The fourth-order valence-corrected chi connectivity index (χ4v) is 4.11. The summed E-state index contributed by atoms with van der Waals surface area (Å²) in [7, 11) is 1.37. The van der Waals surface area contributed by atoms with Crippen LogP contribution in [-0.2, 0) is 4.74 Å². The molecule has 1 aliphatic carbocycles. The first-order valence-electron chi connectivity index (χ1n) is 10.2. The van der Waals surface area contributed by atoms with Crippen molar-refractivity contribution in [1.82, 2.24) is 4.98 Å². The normalized spacial score (nSPS) is 14.9. The maximum absolute atomic E-state index is 12.1. The van der Waals surface area contributed by atoms with Gasteiger partial charge in [0, 0.05) is 24.3 Å². The lowest BCUT2D eigenvalue weighted by atomic mass is 9.92. The number of methoxy groups -OCH3 is 1. The summed E-state index contributed by atoms with van der Waals surface area (Å²) in [5.74, 6) is 0.118. The van der Waals surface area contributed by atoms with Crippen LogP contribution in [0.25, 0.3) is 11.1 Å². The highest BCUT2D eigenvalue weighted by molar-refractivity contribution is 5.95. The SMILES string of the molecule is COC(=O)c1ncccc1-c1ccc(N(CC(C)C)C2CCCCC2)c(N)c1. The summed E-state index contributed by atoms with van der Waals surface area (Å²) in [4.78, 5) is 18.8. The summed E-state index contributed by atoms with van der Waals surface area (Å²) in [6.07, 6.45) is 7.95. The molecule has 0 unspecified atom stereocenters. The highest BCUT2D eigenvalue weighted by Gasteiger charge is 2.24. The minimum Gasteiger partial charge on any atom is -0.464 e. The van der Waals surface area contributed by atoms with E-state index in [1.807, 2.05) is 24.3 Å². The molecule has 1 aliphatic rings. The minimum absolute atomic E-state index is 0.309. The summed E-state index contributed by atoms with van der Waals surface area (Å²) in [6, 6.07) is 10.3. The summed E-state index contributed by atoms with van der Waals surface area (Å²) in [5, 5.41) is 0. The number of carbonyl (C=O) groups is 1. The second-order valence-electron chi connectivity index (χ2n) is 8.00. The Bertz CT molecular complexity index is 813. The first-order chi connectivity index (χ1) is 13.5. The molecule has 3 rings (SSSR count). The number of esters is 1. The number of anilines is 2. The Balaban J connectivity index is 1.96. The topological polar surface area (TPSA) is 68.5 Å². The Hall–Kier alpha value is -2.56. The van der Waals surface area contributed by atoms with Crippen molar-refractivity contribution in [3.8, 4) is 11.1 Å². The average molecular weight is 382 g/mol. The Labute approximate surface area is 167 Å². The maximum atomic E-state index is 12.1. The first kappa shape index (κ1) is 20.2. The Morgan fingerprint density at radius 3 is 2.64 bits per heavy atom. The third-order valence-electron chi connectivity index (χ3n) is 5.41. The molecule has 2 N–H and O–H groups in total. The second-order valence-corrected chi connectivity index (χ2v) is 8.00. The number of benzene rings is 1. The zero-order valence-electron chi connectivity index (χ0n) is 17.1. The van der Waals surface area contributed by atoms with Crippen molar-refractivity contribution in [2.24, 2.45) is 5.92 Å². The smallest absolute Gasteiger partial charge is 0.357 e. The molecule has 0 radical (unpaired) electrons. The molecule has 1 aromatic carbocycles. The number of nitrogens with two attached hydrogens (primary N) is 1. The summed E-state index contributed by atoms with van der Waals surface area (Å²) in [6.45, 7) is 5.49. The zero-order chi connectivity index (χ0) is 20.1. The molecule has 0 saturated heterocycles. The summed E-state index contributed by atoms with van der Waals surface area (Å²) in [5.41, 5.74) is 10.3. The van der Waals surface area contributed by atoms with Crippen LogP contribution in [0, 0.1) is 5.92 Å². The van der Waals surface area contributed by atoms with Crippen LogP contribution in [0.5, 0.6) is 0 Å². The molecule has 28 heavy (non-hydrogen) atoms. The standard InChI is InChI=1S/C23H31N3O2/c1-16(2)15-26(18-8-5-4-6-9-18)21-12-11-17(14-20(21)24)19-10-7-13-25-22(19)23(27)28-3/h7,10-14,16,18H,4-6,8-9,15,24H2,1-3H3. The predicted molar refractivity (Wildman–Crippen MR) is 114 cm³/mol. The van der Waals surface area contributed by atoms with Crippen molar-refractivity contribution in [2.45, 2.75) is 52.0 Å². The summed E-state index contributed by atoms with van der Waals surface area (Å²) >= 11 is 0. The van der Waals surface area contributed by atoms with Crippen LogP contribution in [0.3, 0.4) is 0 Å². The second kappa shape index (κ2) is 9.09. The lowest BCUT2D eigenvalue weighted by Crippen LogP contribution is -2.39. The Kier molecular flexibility index (Phi) is 6.55. The number of ether oxygens (including phenoxy) is 1. The van der Waals surface area contributed by atoms with Crippen molar-refractivity contribution >= 4 is 17.3 Å². The fraction of sp³-hybridized carbons (Fsp3) is 0.478. The number of hydrogen-bond donors (Lipinski definition) is 1. The number of aromatic nitrogens is 1. The number of nitrogens with zero attached hydrogens (tertiary/aromatic N) is 2. The monoisotopic (exact) mass is 381 g/mol. The van der Waals surface area contributed by atoms with Gasteiger partial charge in [0.15, 0.2) is 5.69 Å². The molecule has 5 heteroatoms. The van der Waals surface area contributed by atoms with E-state index in [1.54, 1.807) is 6.20 Å². The predicted octanol–water partition coefficient (Wildman–Crippen LogP) is 4.91. The lowest BCUT2D eigenvalue weighted by molar-refractivity contribution is 0.0595. The van der Waals surface area contributed by atoms with Gasteiger partial charge in [-0.25, -0.2) is 9.78 Å². The van der Waals surface area contributed by atoms with E-state index >= 15 is 0 Å². The van der Waals surface area contributed by atoms with Gasteiger partial charge in [0.2, 0.25) is 0 Å². The van der Waals surface area contributed by atoms with Gasteiger partial charge in [0.05, 0.1) is 18.5 Å². The summed E-state index contributed by atoms with van der Waals surface area (Å²) < 4.78 is 4.87. The van der Waals surface area contributed by atoms with Gasteiger partial charge in [-0.2, -0.15) is 0 Å². The van der Waals surface area contributed by atoms with Crippen LogP contribution in [0.4, 0.5) is 11.4 Å². The number of pyridine rings is 1. The Morgan fingerprint density at radius 1 is 1.25 bits per heavy atom. The van der Waals surface area contributed by atoms with Gasteiger partial charge in [0.25, 0.3) is 0 Å². The number of hydrogen-bond acceptors (Lipinski definition) is 5. The maximum Gasteiger partial charge on any atom is 0.357 e. The van der Waals surface area contributed by atoms with Gasteiger partial charge in [-0.15, -0.1) is 0 Å². The fourth-order valence-electron chi connectivity index (χ4n) is 4.11. The molecule has 1 fully saturated rings. The van der Waals surface area contributed by atoms with Gasteiger partial charge in [0.1, 0.15) is 0 Å². The van der Waals surface area contributed by atoms with E-state index in [1.165, 1.54) is 39.2 Å². The molecule has 1 aromatic heterocycles. The average Bonchev–Trinajstić information content (AvgIpc) is 2.72. The molecule has 1 saturated carbocycles. The first-order valence-corrected chi connectivity index (χ1v) is 10.2. The van der Waals surface area contributed by atoms with Gasteiger partial charge >= 0.3 is 5.97 Å². The van der Waals surface area contributed by atoms with Crippen LogP contribution in [0.2, 0.25) is 0 Å². The van der Waals surface area contributed by atoms with E-state index in [-0.39, 0.29) is 0 Å². The van der Waals surface area contributed by atoms with E-state index in [0.29, 0.717) is 17.7 Å². The van der Waals surface area contributed by atoms with Gasteiger partial charge in [-0.3, -0.25) is 0 Å². The van der Waals surface area contributed by atoms with Crippen LogP contribution in [-0.4, -0.2) is 30.6 Å². The molecule has 0 aliphatic heterocycles. The van der Waals surface area contributed by atoms with Crippen LogP contribution < -0.4 is 10.6 Å². The van der Waals surface area contributed by atoms with Crippen molar-refractivity contribution in [3.05, 3.63) is 42.2 Å².